The third-order valence-corrected chi connectivity index (χ3v) is 2.85. The van der Waals surface area contributed by atoms with Gasteiger partial charge in [0.15, 0.2) is 0 Å². The zero-order valence-corrected chi connectivity index (χ0v) is 10.3. The molecule has 0 radical (unpaired) electrons. The highest BCUT2D eigenvalue weighted by molar-refractivity contribution is 14.1. The Bertz CT molecular complexity index is 370. The van der Waals surface area contributed by atoms with Crippen molar-refractivity contribution >= 4 is 34.0 Å². The third kappa shape index (κ3) is 3.03. The number of aliphatic hydroxyl groups is 1. The van der Waals surface area contributed by atoms with Gasteiger partial charge in [0.05, 0.1) is 17.2 Å². The van der Waals surface area contributed by atoms with Crippen LogP contribution in [0.3, 0.4) is 0 Å². The van der Waals surface area contributed by atoms with Crippen molar-refractivity contribution in [1.82, 2.24) is 0 Å². The zero-order valence-electron chi connectivity index (χ0n) is 8.18. The van der Waals surface area contributed by atoms with Crippen LogP contribution in [0, 0.1) is 13.7 Å². The number of halogens is 1. The quantitative estimate of drug-likeness (QED) is 0.520. The minimum atomic E-state index is -0.419. The van der Waals surface area contributed by atoms with Crippen LogP contribution in [0.15, 0.2) is 18.2 Å². The fourth-order valence-electron chi connectivity index (χ4n) is 1.19. The molecule has 0 saturated heterocycles. The summed E-state index contributed by atoms with van der Waals surface area (Å²) in [6.45, 7) is 0.567. The highest BCUT2D eigenvalue weighted by atomic mass is 127. The predicted octanol–water partition coefficient (Wildman–Crippen LogP) is 1.63. The van der Waals surface area contributed by atoms with Gasteiger partial charge < -0.3 is 10.0 Å². The fraction of sp³-hybridized carbons (Fsp3) is 0.333. The first-order valence-corrected chi connectivity index (χ1v) is 5.40. The molecule has 1 rings (SSSR count). The number of likely N-dealkylation sites (N-methyl/N-ethyl adjacent to an activating group) is 1. The standard InChI is InChI=1S/C9H11IN2O3/c1-11(4-5-13)9-3-2-7(12(14)15)6-8(9)10/h2-3,6,13H,4-5H2,1H3. The average Bonchev–Trinajstić information content (AvgIpc) is 2.17. The summed E-state index contributed by atoms with van der Waals surface area (Å²) in [5.41, 5.74) is 0.968. The van der Waals surface area contributed by atoms with Crippen molar-refractivity contribution in [3.8, 4) is 0 Å². The van der Waals surface area contributed by atoms with Crippen LogP contribution in [0.25, 0.3) is 0 Å². The molecule has 0 heterocycles. The molecule has 1 aromatic rings. The summed E-state index contributed by atoms with van der Waals surface area (Å²) in [6.07, 6.45) is 0. The Morgan fingerprint density at radius 1 is 1.60 bits per heavy atom. The van der Waals surface area contributed by atoms with Crippen LogP contribution in [-0.2, 0) is 0 Å². The lowest BCUT2D eigenvalue weighted by molar-refractivity contribution is -0.384. The number of hydrogen-bond donors (Lipinski definition) is 1. The lowest BCUT2D eigenvalue weighted by Gasteiger charge is -2.19. The van der Waals surface area contributed by atoms with Crippen LogP contribution >= 0.6 is 22.6 Å². The maximum absolute atomic E-state index is 10.5. The van der Waals surface area contributed by atoms with Crippen LogP contribution in [0.2, 0.25) is 0 Å². The van der Waals surface area contributed by atoms with Crippen LogP contribution in [0.4, 0.5) is 11.4 Å². The van der Waals surface area contributed by atoms with Gasteiger partial charge in [0.2, 0.25) is 0 Å². The lowest BCUT2D eigenvalue weighted by Crippen LogP contribution is -2.21. The molecule has 0 fully saturated rings. The molecule has 1 N–H and O–H groups in total. The highest BCUT2D eigenvalue weighted by Crippen LogP contribution is 2.25. The molecule has 0 atom stereocenters. The molecule has 0 aliphatic carbocycles. The van der Waals surface area contributed by atoms with E-state index >= 15 is 0 Å². The van der Waals surface area contributed by atoms with Gasteiger partial charge in [0.1, 0.15) is 0 Å². The van der Waals surface area contributed by atoms with E-state index in [9.17, 15) is 10.1 Å². The second-order valence-corrected chi connectivity index (χ2v) is 4.20. The molecule has 0 spiro atoms. The molecule has 0 aliphatic rings. The van der Waals surface area contributed by atoms with E-state index in [2.05, 4.69) is 0 Å². The second kappa shape index (κ2) is 5.26. The molecule has 0 aromatic heterocycles. The Hall–Kier alpha value is -0.890. The summed E-state index contributed by atoms with van der Waals surface area (Å²) in [4.78, 5) is 11.9. The van der Waals surface area contributed by atoms with Gasteiger partial charge in [-0.2, -0.15) is 0 Å². The molecular formula is C9H11IN2O3. The molecule has 6 heteroatoms. The summed E-state index contributed by atoms with van der Waals surface area (Å²) < 4.78 is 0.803. The summed E-state index contributed by atoms with van der Waals surface area (Å²) in [6, 6.07) is 4.67. The molecule has 1 aromatic carbocycles. The van der Waals surface area contributed by atoms with E-state index in [4.69, 9.17) is 5.11 Å². The summed E-state index contributed by atoms with van der Waals surface area (Å²) in [5, 5.41) is 19.3. The molecule has 0 saturated carbocycles. The first-order valence-electron chi connectivity index (χ1n) is 4.32. The SMILES string of the molecule is CN(CCO)c1ccc([N+](=O)[O-])cc1I. The van der Waals surface area contributed by atoms with Crippen LogP contribution in [-0.4, -0.2) is 30.2 Å². The van der Waals surface area contributed by atoms with Crippen LogP contribution in [0.5, 0.6) is 0 Å². The van der Waals surface area contributed by atoms with Crippen molar-refractivity contribution in [2.45, 2.75) is 0 Å². The van der Waals surface area contributed by atoms with Crippen molar-refractivity contribution in [1.29, 1.82) is 0 Å². The maximum Gasteiger partial charge on any atom is 0.270 e. The van der Waals surface area contributed by atoms with Crippen molar-refractivity contribution in [3.63, 3.8) is 0 Å². The normalized spacial score (nSPS) is 10.1. The fourth-order valence-corrected chi connectivity index (χ4v) is 2.10. The van der Waals surface area contributed by atoms with Crippen molar-refractivity contribution < 1.29 is 10.0 Å². The van der Waals surface area contributed by atoms with E-state index in [1.807, 2.05) is 34.5 Å². The number of rotatable bonds is 4. The lowest BCUT2D eigenvalue weighted by atomic mass is 10.2. The first-order chi connectivity index (χ1) is 7.06. The summed E-state index contributed by atoms with van der Waals surface area (Å²) >= 11 is 2.05. The number of nitro benzene ring substituents is 1. The summed E-state index contributed by atoms with van der Waals surface area (Å²) in [5.74, 6) is 0. The number of non-ortho nitro benzene ring substituents is 1. The van der Waals surface area contributed by atoms with Crippen LogP contribution in [0.1, 0.15) is 0 Å². The van der Waals surface area contributed by atoms with Gasteiger partial charge >= 0.3 is 0 Å². The molecule has 0 aliphatic heterocycles. The molecular weight excluding hydrogens is 311 g/mol. The van der Waals surface area contributed by atoms with Gasteiger partial charge in [-0.3, -0.25) is 10.1 Å². The zero-order chi connectivity index (χ0) is 11.4. The van der Waals surface area contributed by atoms with Crippen LogP contribution < -0.4 is 4.90 Å². The highest BCUT2D eigenvalue weighted by Gasteiger charge is 2.11. The smallest absolute Gasteiger partial charge is 0.270 e. The molecule has 0 amide bonds. The van der Waals surface area contributed by atoms with Gasteiger partial charge in [-0.15, -0.1) is 0 Å². The van der Waals surface area contributed by atoms with Gasteiger partial charge in [0.25, 0.3) is 5.69 Å². The molecule has 0 unspecified atom stereocenters. The monoisotopic (exact) mass is 322 g/mol. The number of anilines is 1. The van der Waals surface area contributed by atoms with Crippen molar-refractivity contribution in [2.24, 2.45) is 0 Å². The Morgan fingerprint density at radius 2 is 2.27 bits per heavy atom. The third-order valence-electron chi connectivity index (χ3n) is 1.99. The van der Waals surface area contributed by atoms with Gasteiger partial charge in [-0.1, -0.05) is 0 Å². The predicted molar refractivity (Wildman–Crippen MR) is 66.2 cm³/mol. The van der Waals surface area contributed by atoms with E-state index in [0.717, 1.165) is 9.26 Å². The van der Waals surface area contributed by atoms with Crippen molar-refractivity contribution in [2.75, 3.05) is 25.1 Å². The Morgan fingerprint density at radius 3 is 2.73 bits per heavy atom. The van der Waals surface area contributed by atoms with Gasteiger partial charge in [0, 0.05) is 29.3 Å². The van der Waals surface area contributed by atoms with Gasteiger partial charge in [-0.25, -0.2) is 0 Å². The number of aliphatic hydroxyl groups excluding tert-OH is 1. The Labute approximate surface area is 101 Å². The number of benzene rings is 1. The first kappa shape index (κ1) is 12.2. The Kier molecular flexibility index (Phi) is 4.28. The van der Waals surface area contributed by atoms with E-state index in [-0.39, 0.29) is 12.3 Å². The molecule has 15 heavy (non-hydrogen) atoms. The Balaban J connectivity index is 2.97. The van der Waals surface area contributed by atoms with E-state index in [1.165, 1.54) is 12.1 Å². The maximum atomic E-state index is 10.5. The second-order valence-electron chi connectivity index (χ2n) is 3.04. The molecule has 0 bridgehead atoms. The minimum Gasteiger partial charge on any atom is -0.395 e. The summed E-state index contributed by atoms with van der Waals surface area (Å²) in [7, 11) is 1.83. The van der Waals surface area contributed by atoms with E-state index < -0.39 is 4.92 Å². The van der Waals surface area contributed by atoms with Gasteiger partial charge in [-0.05, 0) is 28.7 Å². The number of hydrogen-bond acceptors (Lipinski definition) is 4. The minimum absolute atomic E-state index is 0.0591. The largest absolute Gasteiger partial charge is 0.395 e. The molecule has 5 nitrogen and oxygen atoms in total. The topological polar surface area (TPSA) is 66.6 Å². The van der Waals surface area contributed by atoms with Crippen molar-refractivity contribution in [3.05, 3.63) is 31.9 Å². The number of nitro groups is 1. The van der Waals surface area contributed by atoms with E-state index in [1.54, 1.807) is 6.07 Å². The van der Waals surface area contributed by atoms with E-state index in [0.29, 0.717) is 6.54 Å². The number of nitrogens with zero attached hydrogens (tertiary/aromatic N) is 2. The molecule has 82 valence electrons. The average molecular weight is 322 g/mol.